The third kappa shape index (κ3) is 4.26. The quantitative estimate of drug-likeness (QED) is 0.579. The molecule has 0 heterocycles. The predicted molar refractivity (Wildman–Crippen MR) is 92.1 cm³/mol. The minimum Gasteiger partial charge on any atom is -0.465 e. The predicted octanol–water partition coefficient (Wildman–Crippen LogP) is 2.73. The summed E-state index contributed by atoms with van der Waals surface area (Å²) in [6.07, 6.45) is -1.23. The zero-order valence-electron chi connectivity index (χ0n) is 13.7. The van der Waals surface area contributed by atoms with Crippen LogP contribution in [0.3, 0.4) is 0 Å². The van der Waals surface area contributed by atoms with Crippen molar-refractivity contribution in [2.45, 2.75) is 4.90 Å². The Balaban J connectivity index is 2.42. The zero-order chi connectivity index (χ0) is 19.5. The summed E-state index contributed by atoms with van der Waals surface area (Å²) in [4.78, 5) is 20.5. The largest absolute Gasteiger partial charge is 0.465 e. The fourth-order valence-corrected chi connectivity index (χ4v) is 2.98. The highest BCUT2D eigenvalue weighted by Crippen LogP contribution is 2.33. The third-order valence-electron chi connectivity index (χ3n) is 3.23. The molecule has 2 aromatic carbocycles. The fourth-order valence-electron chi connectivity index (χ4n) is 1.95. The first-order valence-corrected chi connectivity index (χ1v) is 8.54. The Hall–Kier alpha value is -3.18. The maximum Gasteiger partial charge on any atom is 0.409 e. The molecule has 0 saturated heterocycles. The number of nitro groups is 1. The van der Waals surface area contributed by atoms with E-state index >= 15 is 0 Å². The van der Waals surface area contributed by atoms with E-state index < -0.39 is 26.7 Å². The van der Waals surface area contributed by atoms with Crippen molar-refractivity contribution >= 4 is 27.5 Å². The van der Waals surface area contributed by atoms with Crippen LogP contribution in [0, 0.1) is 10.1 Å². The Morgan fingerprint density at radius 3 is 2.31 bits per heavy atom. The van der Waals surface area contributed by atoms with Crippen LogP contribution in [0.5, 0.6) is 11.5 Å². The number of ether oxygens (including phenoxy) is 1. The second-order valence-corrected chi connectivity index (χ2v) is 7.35. The van der Waals surface area contributed by atoms with Gasteiger partial charge in [-0.25, -0.2) is 17.5 Å². The molecule has 0 unspecified atom stereocenters. The van der Waals surface area contributed by atoms with Gasteiger partial charge in [0.25, 0.3) is 5.69 Å². The zero-order valence-corrected chi connectivity index (χ0v) is 14.6. The van der Waals surface area contributed by atoms with Crippen LogP contribution in [0.25, 0.3) is 0 Å². The minimum absolute atomic E-state index is 0.0942. The molecule has 2 rings (SSSR count). The van der Waals surface area contributed by atoms with E-state index in [2.05, 4.69) is 5.32 Å². The molecular weight excluding hydrogens is 366 g/mol. The lowest BCUT2D eigenvalue weighted by molar-refractivity contribution is -0.385. The molecule has 0 aliphatic rings. The van der Waals surface area contributed by atoms with Gasteiger partial charge in [0.2, 0.25) is 10.0 Å². The average Bonchev–Trinajstić information content (AvgIpc) is 2.56. The number of sulfonamides is 1. The third-order valence-corrected chi connectivity index (χ3v) is 5.07. The molecule has 0 aliphatic heterocycles. The number of anilines is 1. The Morgan fingerprint density at radius 1 is 1.19 bits per heavy atom. The summed E-state index contributed by atoms with van der Waals surface area (Å²) < 4.78 is 31.3. The number of benzene rings is 2. The summed E-state index contributed by atoms with van der Waals surface area (Å²) in [7, 11) is -1.40. The number of nitrogens with zero attached hydrogens (tertiary/aromatic N) is 2. The molecule has 11 heteroatoms. The van der Waals surface area contributed by atoms with E-state index in [1.54, 1.807) is 0 Å². The Kier molecular flexibility index (Phi) is 5.43. The van der Waals surface area contributed by atoms with Crippen molar-refractivity contribution in [3.05, 3.63) is 52.6 Å². The SMILES string of the molecule is CN(C)S(=O)(=O)c1cc([N+](=O)[O-])ccc1Oc1ccc(NC(=O)O)cc1. The second-order valence-electron chi connectivity index (χ2n) is 5.23. The molecule has 0 atom stereocenters. The van der Waals surface area contributed by atoms with Gasteiger partial charge in [-0.2, -0.15) is 0 Å². The number of hydrogen-bond acceptors (Lipinski definition) is 6. The van der Waals surface area contributed by atoms with E-state index in [0.29, 0.717) is 5.69 Å². The van der Waals surface area contributed by atoms with Gasteiger partial charge < -0.3 is 9.84 Å². The smallest absolute Gasteiger partial charge is 0.409 e. The Bertz CT molecular complexity index is 940. The minimum atomic E-state index is -3.99. The van der Waals surface area contributed by atoms with Gasteiger partial charge in [0.15, 0.2) is 0 Å². The molecule has 0 aromatic heterocycles. The molecule has 0 radical (unpaired) electrons. The van der Waals surface area contributed by atoms with E-state index in [1.165, 1.54) is 44.4 Å². The van der Waals surface area contributed by atoms with Crippen LogP contribution in [0.4, 0.5) is 16.2 Å². The number of rotatable bonds is 6. The maximum atomic E-state index is 12.4. The first-order chi connectivity index (χ1) is 12.1. The number of nitro benzene ring substituents is 1. The van der Waals surface area contributed by atoms with Crippen molar-refractivity contribution in [3.8, 4) is 11.5 Å². The van der Waals surface area contributed by atoms with E-state index in [4.69, 9.17) is 9.84 Å². The topological polar surface area (TPSA) is 139 Å². The summed E-state index contributed by atoms with van der Waals surface area (Å²) in [5.41, 5.74) is -0.0894. The lowest BCUT2D eigenvalue weighted by atomic mass is 10.3. The van der Waals surface area contributed by atoms with Crippen LogP contribution in [0.2, 0.25) is 0 Å². The normalized spacial score (nSPS) is 11.2. The highest BCUT2D eigenvalue weighted by molar-refractivity contribution is 7.89. The van der Waals surface area contributed by atoms with Crippen molar-refractivity contribution in [1.29, 1.82) is 0 Å². The lowest BCUT2D eigenvalue weighted by Crippen LogP contribution is -2.22. The first kappa shape index (κ1) is 19.1. The molecule has 138 valence electrons. The summed E-state index contributed by atoms with van der Waals surface area (Å²) >= 11 is 0. The highest BCUT2D eigenvalue weighted by Gasteiger charge is 2.25. The van der Waals surface area contributed by atoms with E-state index in [0.717, 1.165) is 16.4 Å². The van der Waals surface area contributed by atoms with Crippen LogP contribution in [0.15, 0.2) is 47.4 Å². The molecule has 0 fully saturated rings. The van der Waals surface area contributed by atoms with Crippen molar-refractivity contribution in [2.24, 2.45) is 0 Å². The van der Waals surface area contributed by atoms with Crippen LogP contribution in [-0.2, 0) is 10.0 Å². The Morgan fingerprint density at radius 2 is 1.81 bits per heavy atom. The molecule has 0 aliphatic carbocycles. The molecule has 0 spiro atoms. The molecule has 10 nitrogen and oxygen atoms in total. The molecule has 26 heavy (non-hydrogen) atoms. The highest BCUT2D eigenvalue weighted by atomic mass is 32.2. The Labute approximate surface area is 148 Å². The summed E-state index contributed by atoms with van der Waals surface area (Å²) in [5, 5.41) is 21.7. The van der Waals surface area contributed by atoms with Gasteiger partial charge in [0.05, 0.1) is 4.92 Å². The van der Waals surface area contributed by atoms with E-state index in [1.807, 2.05) is 0 Å². The van der Waals surface area contributed by atoms with Crippen molar-refractivity contribution in [2.75, 3.05) is 19.4 Å². The van der Waals surface area contributed by atoms with Crippen LogP contribution < -0.4 is 10.1 Å². The van der Waals surface area contributed by atoms with Gasteiger partial charge in [0.1, 0.15) is 16.4 Å². The standard InChI is InChI=1S/C15H15N3O7S/c1-17(2)26(23,24)14-9-11(18(21)22)5-8-13(14)25-12-6-3-10(4-7-12)16-15(19)20/h3-9,16H,1-2H3,(H,19,20). The van der Waals surface area contributed by atoms with Gasteiger partial charge in [0, 0.05) is 31.9 Å². The van der Waals surface area contributed by atoms with Crippen LogP contribution in [-0.4, -0.2) is 42.9 Å². The molecule has 2 N–H and O–H groups in total. The summed E-state index contributed by atoms with van der Waals surface area (Å²) in [6, 6.07) is 8.95. The van der Waals surface area contributed by atoms with Crippen molar-refractivity contribution in [3.63, 3.8) is 0 Å². The lowest BCUT2D eigenvalue weighted by Gasteiger charge is -2.15. The number of carbonyl (C=O) groups is 1. The first-order valence-electron chi connectivity index (χ1n) is 7.10. The van der Waals surface area contributed by atoms with Gasteiger partial charge in [-0.1, -0.05) is 0 Å². The number of nitrogens with one attached hydrogen (secondary N) is 1. The van der Waals surface area contributed by atoms with Gasteiger partial charge >= 0.3 is 6.09 Å². The summed E-state index contributed by atoms with van der Waals surface area (Å²) in [6.45, 7) is 0. The summed E-state index contributed by atoms with van der Waals surface area (Å²) in [5.74, 6) is 0.133. The fraction of sp³-hybridized carbons (Fsp3) is 0.133. The molecule has 1 amide bonds. The molecular formula is C15H15N3O7S. The maximum absolute atomic E-state index is 12.4. The molecule has 0 bridgehead atoms. The number of hydrogen-bond donors (Lipinski definition) is 2. The van der Waals surface area contributed by atoms with Crippen molar-refractivity contribution < 1.29 is 28.0 Å². The van der Waals surface area contributed by atoms with Crippen LogP contribution in [0.1, 0.15) is 0 Å². The van der Waals surface area contributed by atoms with Gasteiger partial charge in [-0.05, 0) is 30.3 Å². The van der Waals surface area contributed by atoms with E-state index in [9.17, 15) is 23.3 Å². The van der Waals surface area contributed by atoms with E-state index in [-0.39, 0.29) is 16.4 Å². The van der Waals surface area contributed by atoms with Crippen molar-refractivity contribution in [1.82, 2.24) is 4.31 Å². The van der Waals surface area contributed by atoms with Gasteiger partial charge in [-0.3, -0.25) is 15.4 Å². The number of carboxylic acid groups (broad SMARTS) is 1. The molecule has 2 aromatic rings. The molecule has 0 saturated carbocycles. The second kappa shape index (κ2) is 7.37. The van der Waals surface area contributed by atoms with Crippen LogP contribution >= 0.6 is 0 Å². The van der Waals surface area contributed by atoms with Gasteiger partial charge in [-0.15, -0.1) is 0 Å². The average molecular weight is 381 g/mol. The monoisotopic (exact) mass is 381 g/mol. The number of amides is 1. The number of non-ortho nitro benzene ring substituents is 1.